The standard InChI is InChI=1S/C14H15N3O4/c1-17-13(15-9-16-17)8-21-11-5-3-10(4-6-14(18)19)7-12(11)20-2/h3-7,9H,8H2,1-2H3,(H,18,19). The van der Waals surface area contributed by atoms with E-state index in [0.717, 1.165) is 6.08 Å². The van der Waals surface area contributed by atoms with Gasteiger partial charge in [-0.25, -0.2) is 9.78 Å². The molecule has 0 fully saturated rings. The van der Waals surface area contributed by atoms with Gasteiger partial charge in [-0.2, -0.15) is 5.10 Å². The van der Waals surface area contributed by atoms with E-state index in [-0.39, 0.29) is 6.61 Å². The van der Waals surface area contributed by atoms with Crippen LogP contribution < -0.4 is 9.47 Å². The minimum atomic E-state index is -1.00. The van der Waals surface area contributed by atoms with Crippen LogP contribution in [-0.2, 0) is 18.4 Å². The van der Waals surface area contributed by atoms with Crippen LogP contribution in [-0.4, -0.2) is 33.0 Å². The van der Waals surface area contributed by atoms with E-state index in [1.165, 1.54) is 19.5 Å². The molecule has 0 saturated heterocycles. The third-order valence-corrected chi connectivity index (χ3v) is 2.77. The van der Waals surface area contributed by atoms with Crippen molar-refractivity contribution in [3.05, 3.63) is 42.0 Å². The summed E-state index contributed by atoms with van der Waals surface area (Å²) in [6.45, 7) is 0.261. The number of aromatic nitrogens is 3. The zero-order chi connectivity index (χ0) is 15.2. The third-order valence-electron chi connectivity index (χ3n) is 2.77. The van der Waals surface area contributed by atoms with Crippen LogP contribution in [0, 0.1) is 0 Å². The van der Waals surface area contributed by atoms with Crippen molar-refractivity contribution in [2.24, 2.45) is 7.05 Å². The Balaban J connectivity index is 2.12. The number of hydrogen-bond donors (Lipinski definition) is 1. The van der Waals surface area contributed by atoms with E-state index in [9.17, 15) is 4.79 Å². The van der Waals surface area contributed by atoms with Gasteiger partial charge in [0.15, 0.2) is 17.3 Å². The summed E-state index contributed by atoms with van der Waals surface area (Å²) in [6.07, 6.45) is 4.00. The molecule has 1 N–H and O–H groups in total. The predicted octanol–water partition coefficient (Wildman–Crippen LogP) is 1.50. The molecule has 0 bridgehead atoms. The van der Waals surface area contributed by atoms with Gasteiger partial charge in [0.1, 0.15) is 12.9 Å². The van der Waals surface area contributed by atoms with Crippen LogP contribution in [0.25, 0.3) is 6.08 Å². The number of ether oxygens (including phenoxy) is 2. The van der Waals surface area contributed by atoms with E-state index in [2.05, 4.69) is 10.1 Å². The molecule has 0 spiro atoms. The second-order valence-electron chi connectivity index (χ2n) is 4.17. The number of methoxy groups -OCH3 is 1. The monoisotopic (exact) mass is 289 g/mol. The average molecular weight is 289 g/mol. The largest absolute Gasteiger partial charge is 0.493 e. The second-order valence-corrected chi connectivity index (χ2v) is 4.17. The lowest BCUT2D eigenvalue weighted by Gasteiger charge is -2.10. The van der Waals surface area contributed by atoms with Crippen molar-refractivity contribution in [2.45, 2.75) is 6.61 Å². The molecule has 110 valence electrons. The molecule has 1 aromatic heterocycles. The molecule has 0 saturated carbocycles. The highest BCUT2D eigenvalue weighted by Crippen LogP contribution is 2.29. The number of aliphatic carboxylic acids is 1. The lowest BCUT2D eigenvalue weighted by molar-refractivity contribution is -0.131. The van der Waals surface area contributed by atoms with Crippen molar-refractivity contribution >= 4 is 12.0 Å². The van der Waals surface area contributed by atoms with Crippen LogP contribution in [0.1, 0.15) is 11.4 Å². The summed E-state index contributed by atoms with van der Waals surface area (Å²) in [6, 6.07) is 5.16. The van der Waals surface area contributed by atoms with Crippen LogP contribution in [0.5, 0.6) is 11.5 Å². The Morgan fingerprint density at radius 3 is 2.86 bits per heavy atom. The highest BCUT2D eigenvalue weighted by atomic mass is 16.5. The lowest BCUT2D eigenvalue weighted by Crippen LogP contribution is -2.05. The molecule has 7 heteroatoms. The van der Waals surface area contributed by atoms with Crippen LogP contribution in [0.4, 0.5) is 0 Å². The Morgan fingerprint density at radius 1 is 1.43 bits per heavy atom. The van der Waals surface area contributed by atoms with Crippen molar-refractivity contribution in [1.82, 2.24) is 14.8 Å². The van der Waals surface area contributed by atoms with E-state index in [1.54, 1.807) is 29.9 Å². The first kappa shape index (κ1) is 14.6. The third kappa shape index (κ3) is 3.82. The lowest BCUT2D eigenvalue weighted by atomic mass is 10.2. The fourth-order valence-electron chi connectivity index (χ4n) is 1.67. The Morgan fingerprint density at radius 2 is 2.24 bits per heavy atom. The highest BCUT2D eigenvalue weighted by Gasteiger charge is 2.07. The molecule has 0 amide bonds. The number of carboxylic acid groups (broad SMARTS) is 1. The molecule has 2 aromatic rings. The van der Waals surface area contributed by atoms with Gasteiger partial charge in [-0.1, -0.05) is 6.07 Å². The van der Waals surface area contributed by atoms with Gasteiger partial charge >= 0.3 is 5.97 Å². The Hall–Kier alpha value is -2.83. The minimum Gasteiger partial charge on any atom is -0.493 e. The molecule has 1 aromatic carbocycles. The predicted molar refractivity (Wildman–Crippen MR) is 75.0 cm³/mol. The van der Waals surface area contributed by atoms with Gasteiger partial charge in [-0.3, -0.25) is 4.68 Å². The smallest absolute Gasteiger partial charge is 0.328 e. The van der Waals surface area contributed by atoms with E-state index < -0.39 is 5.97 Å². The topological polar surface area (TPSA) is 86.5 Å². The zero-order valence-electron chi connectivity index (χ0n) is 11.7. The molecule has 0 aliphatic rings. The van der Waals surface area contributed by atoms with Crippen molar-refractivity contribution in [1.29, 1.82) is 0 Å². The van der Waals surface area contributed by atoms with Gasteiger partial charge in [0.2, 0.25) is 0 Å². The molecule has 0 radical (unpaired) electrons. The summed E-state index contributed by atoms with van der Waals surface area (Å²) in [4.78, 5) is 14.6. The maximum absolute atomic E-state index is 10.5. The first-order valence-corrected chi connectivity index (χ1v) is 6.15. The fraction of sp³-hybridized carbons (Fsp3) is 0.214. The molecule has 0 aliphatic heterocycles. The highest BCUT2D eigenvalue weighted by molar-refractivity contribution is 5.85. The van der Waals surface area contributed by atoms with Crippen molar-refractivity contribution < 1.29 is 19.4 Å². The van der Waals surface area contributed by atoms with Gasteiger partial charge in [-0.15, -0.1) is 0 Å². The number of hydrogen-bond acceptors (Lipinski definition) is 5. The van der Waals surface area contributed by atoms with Crippen LogP contribution in [0.3, 0.4) is 0 Å². The zero-order valence-corrected chi connectivity index (χ0v) is 11.7. The van der Waals surface area contributed by atoms with Gasteiger partial charge in [0.05, 0.1) is 7.11 Å². The van der Waals surface area contributed by atoms with Gasteiger partial charge in [0.25, 0.3) is 0 Å². The normalized spacial score (nSPS) is 10.8. The fourth-order valence-corrected chi connectivity index (χ4v) is 1.67. The summed E-state index contributed by atoms with van der Waals surface area (Å²) in [5.74, 6) is 0.751. The summed E-state index contributed by atoms with van der Waals surface area (Å²) in [5, 5.41) is 12.6. The molecule has 1 heterocycles. The SMILES string of the molecule is COc1cc(C=CC(=O)O)ccc1OCc1ncnn1C. The summed E-state index contributed by atoms with van der Waals surface area (Å²) >= 11 is 0. The van der Waals surface area contributed by atoms with Crippen LogP contribution in [0.15, 0.2) is 30.6 Å². The summed E-state index contributed by atoms with van der Waals surface area (Å²) < 4.78 is 12.5. The maximum atomic E-state index is 10.5. The molecular weight excluding hydrogens is 274 g/mol. The minimum absolute atomic E-state index is 0.261. The Bertz CT molecular complexity index is 664. The molecule has 2 rings (SSSR count). The molecule has 7 nitrogen and oxygen atoms in total. The summed E-state index contributed by atoms with van der Waals surface area (Å²) in [7, 11) is 3.30. The molecule has 0 unspecified atom stereocenters. The average Bonchev–Trinajstić information content (AvgIpc) is 2.88. The number of aryl methyl sites for hydroxylation is 1. The number of carboxylic acids is 1. The number of benzene rings is 1. The van der Waals surface area contributed by atoms with Crippen molar-refractivity contribution in [3.8, 4) is 11.5 Å². The van der Waals surface area contributed by atoms with E-state index in [0.29, 0.717) is 22.9 Å². The molecule has 0 aliphatic carbocycles. The van der Waals surface area contributed by atoms with Crippen LogP contribution in [0.2, 0.25) is 0 Å². The number of carbonyl (C=O) groups is 1. The van der Waals surface area contributed by atoms with Crippen molar-refractivity contribution in [3.63, 3.8) is 0 Å². The van der Waals surface area contributed by atoms with E-state index in [4.69, 9.17) is 14.6 Å². The van der Waals surface area contributed by atoms with Gasteiger partial charge < -0.3 is 14.6 Å². The Kier molecular flexibility index (Phi) is 4.55. The van der Waals surface area contributed by atoms with E-state index in [1.807, 2.05) is 0 Å². The molecule has 0 atom stereocenters. The summed E-state index contributed by atoms with van der Waals surface area (Å²) in [5.41, 5.74) is 0.709. The Labute approximate surface area is 121 Å². The second kappa shape index (κ2) is 6.56. The molecular formula is C14H15N3O4. The van der Waals surface area contributed by atoms with Gasteiger partial charge in [-0.05, 0) is 23.8 Å². The maximum Gasteiger partial charge on any atom is 0.328 e. The van der Waals surface area contributed by atoms with E-state index >= 15 is 0 Å². The van der Waals surface area contributed by atoms with Gasteiger partial charge in [0, 0.05) is 13.1 Å². The van der Waals surface area contributed by atoms with Crippen molar-refractivity contribution in [2.75, 3.05) is 7.11 Å². The number of nitrogens with zero attached hydrogens (tertiary/aromatic N) is 3. The first-order chi connectivity index (χ1) is 10.1. The number of rotatable bonds is 6. The van der Waals surface area contributed by atoms with Crippen LogP contribution >= 0.6 is 0 Å². The first-order valence-electron chi connectivity index (χ1n) is 6.15. The molecule has 21 heavy (non-hydrogen) atoms. The quantitative estimate of drug-likeness (QED) is 0.811.